The van der Waals surface area contributed by atoms with Crippen molar-refractivity contribution in [3.8, 4) is 0 Å². The van der Waals surface area contributed by atoms with E-state index in [2.05, 4.69) is 18.3 Å². The molecule has 2 aliphatic carbocycles. The largest absolute Gasteiger partial charge is 0.393 e. The molecule has 0 amide bonds. The van der Waals surface area contributed by atoms with Gasteiger partial charge in [0.15, 0.2) is 0 Å². The van der Waals surface area contributed by atoms with Gasteiger partial charge >= 0.3 is 0 Å². The van der Waals surface area contributed by atoms with Crippen LogP contribution in [0.5, 0.6) is 0 Å². The van der Waals surface area contributed by atoms with E-state index in [0.29, 0.717) is 12.3 Å². The van der Waals surface area contributed by atoms with Crippen molar-refractivity contribution in [1.29, 1.82) is 5.41 Å². The fourth-order valence-electron chi connectivity index (χ4n) is 5.48. The van der Waals surface area contributed by atoms with Crippen molar-refractivity contribution in [1.82, 2.24) is 0 Å². The Balaban J connectivity index is 1.81. The summed E-state index contributed by atoms with van der Waals surface area (Å²) in [6, 6.07) is 10.1. The van der Waals surface area contributed by atoms with E-state index >= 15 is 0 Å². The molecule has 1 fully saturated rings. The number of rotatable bonds is 4. The average molecular weight is 397 g/mol. The van der Waals surface area contributed by atoms with Gasteiger partial charge in [-0.25, -0.2) is 4.39 Å². The molecule has 0 aromatic heterocycles. The Morgan fingerprint density at radius 3 is 2.62 bits per heavy atom. The fourth-order valence-corrected chi connectivity index (χ4v) is 5.48. The molecule has 0 spiro atoms. The zero-order valence-electron chi connectivity index (χ0n) is 16.8. The van der Waals surface area contributed by atoms with Crippen molar-refractivity contribution in [2.45, 2.75) is 63.1 Å². The van der Waals surface area contributed by atoms with E-state index in [-0.39, 0.29) is 17.3 Å². The van der Waals surface area contributed by atoms with Crippen molar-refractivity contribution < 1.29 is 14.6 Å². The molecule has 29 heavy (non-hydrogen) atoms. The molecule has 5 heteroatoms. The van der Waals surface area contributed by atoms with Crippen molar-refractivity contribution >= 4 is 17.6 Å². The molecular weight excluding hydrogens is 367 g/mol. The molecule has 2 aromatic rings. The third kappa shape index (κ3) is 3.58. The number of fused-ring (bicyclic) bond motifs is 3. The third-order valence-corrected chi connectivity index (χ3v) is 7.08. The van der Waals surface area contributed by atoms with Crippen LogP contribution in [-0.2, 0) is 5.41 Å². The summed E-state index contributed by atoms with van der Waals surface area (Å²) in [6.07, 6.45) is 5.46. The maximum Gasteiger partial charge on any atom is 0.123 e. The highest BCUT2D eigenvalue weighted by molar-refractivity contribution is 5.88. The predicted octanol–water partition coefficient (Wildman–Crippen LogP) is 5.20. The monoisotopic (exact) mass is 396 g/mol. The summed E-state index contributed by atoms with van der Waals surface area (Å²) in [5, 5.41) is 32.5. The molecule has 3 unspecified atom stereocenters. The van der Waals surface area contributed by atoms with Crippen molar-refractivity contribution in [3.63, 3.8) is 0 Å². The highest BCUT2D eigenvalue weighted by Crippen LogP contribution is 2.53. The number of aliphatic hydroxyl groups is 2. The van der Waals surface area contributed by atoms with Gasteiger partial charge in [0.1, 0.15) is 5.82 Å². The molecule has 0 saturated heterocycles. The molecule has 4 rings (SSSR count). The summed E-state index contributed by atoms with van der Waals surface area (Å²) in [6.45, 7) is 2.20. The molecule has 0 radical (unpaired) electrons. The number of hydrogen-bond donors (Lipinski definition) is 4. The first-order valence-corrected chi connectivity index (χ1v) is 10.5. The van der Waals surface area contributed by atoms with E-state index < -0.39 is 6.10 Å². The first-order chi connectivity index (χ1) is 14.0. The maximum atomic E-state index is 13.2. The topological polar surface area (TPSA) is 76.3 Å². The Kier molecular flexibility index (Phi) is 5.45. The molecule has 4 N–H and O–H groups in total. The highest BCUT2D eigenvalue weighted by Gasteiger charge is 2.46. The number of aliphatic hydroxyl groups excluding tert-OH is 2. The van der Waals surface area contributed by atoms with Crippen LogP contribution in [0.4, 0.5) is 15.8 Å². The lowest BCUT2D eigenvalue weighted by atomic mass is 9.59. The lowest BCUT2D eigenvalue weighted by molar-refractivity contribution is 0.0424. The van der Waals surface area contributed by atoms with Crippen LogP contribution >= 0.6 is 0 Å². The van der Waals surface area contributed by atoms with E-state index in [1.54, 1.807) is 12.1 Å². The lowest BCUT2D eigenvalue weighted by Gasteiger charge is -2.46. The quantitative estimate of drug-likeness (QED) is 0.536. The number of hydrogen-bond acceptors (Lipinski definition) is 4. The van der Waals surface area contributed by atoms with Crippen molar-refractivity contribution in [3.05, 3.63) is 58.9 Å². The van der Waals surface area contributed by atoms with Crippen LogP contribution in [-0.4, -0.2) is 22.5 Å². The van der Waals surface area contributed by atoms with E-state index in [0.717, 1.165) is 60.2 Å². The zero-order valence-corrected chi connectivity index (χ0v) is 16.8. The highest BCUT2D eigenvalue weighted by atomic mass is 19.1. The van der Waals surface area contributed by atoms with Gasteiger partial charge in [0, 0.05) is 23.2 Å². The molecule has 0 bridgehead atoms. The summed E-state index contributed by atoms with van der Waals surface area (Å²) in [5.74, 6) is 0.0391. The summed E-state index contributed by atoms with van der Waals surface area (Å²) in [4.78, 5) is 0. The van der Waals surface area contributed by atoms with E-state index in [1.165, 1.54) is 18.3 Å². The van der Waals surface area contributed by atoms with Gasteiger partial charge in [0.05, 0.1) is 12.2 Å². The van der Waals surface area contributed by atoms with Gasteiger partial charge in [0.2, 0.25) is 0 Å². The molecule has 154 valence electrons. The minimum Gasteiger partial charge on any atom is -0.393 e. The molecule has 2 aromatic carbocycles. The van der Waals surface area contributed by atoms with Gasteiger partial charge in [-0.1, -0.05) is 6.92 Å². The lowest BCUT2D eigenvalue weighted by Crippen LogP contribution is -2.41. The maximum absolute atomic E-state index is 13.2. The van der Waals surface area contributed by atoms with Gasteiger partial charge < -0.3 is 20.9 Å². The number of anilines is 2. The zero-order chi connectivity index (χ0) is 20.6. The second-order valence-electron chi connectivity index (χ2n) is 8.53. The SMILES string of the molecule is CCC12CCC(O)CC1CC[C@H](O)c1cc(Nc3ccc(F)cc3)c(C=N)cc12. The molecule has 2 aliphatic rings. The summed E-state index contributed by atoms with van der Waals surface area (Å²) in [7, 11) is 0. The summed E-state index contributed by atoms with van der Waals surface area (Å²) < 4.78 is 13.2. The second kappa shape index (κ2) is 7.88. The Hall–Kier alpha value is -2.24. The van der Waals surface area contributed by atoms with Crippen molar-refractivity contribution in [2.24, 2.45) is 5.92 Å². The van der Waals surface area contributed by atoms with Crippen LogP contribution in [0.2, 0.25) is 0 Å². The Labute approximate surface area is 171 Å². The standard InChI is InChI=1S/C24H29FN2O2/c1-2-24-10-9-19(28)12-16(24)3-8-23(29)20-13-22(15(14-26)11-21(20)24)27-18-6-4-17(25)5-7-18/h4-7,11,13-14,16,19,23,26-29H,2-3,8-10,12H2,1H3/t16?,19?,23-,24?/m0/s1. The Morgan fingerprint density at radius 2 is 1.93 bits per heavy atom. The number of nitrogens with one attached hydrogen (secondary N) is 2. The molecule has 0 aliphatic heterocycles. The minimum atomic E-state index is -0.565. The van der Waals surface area contributed by atoms with Gasteiger partial charge in [0.25, 0.3) is 0 Å². The van der Waals surface area contributed by atoms with Crippen LogP contribution in [0.3, 0.4) is 0 Å². The van der Waals surface area contributed by atoms with Crippen molar-refractivity contribution in [2.75, 3.05) is 5.32 Å². The first kappa shape index (κ1) is 20.0. The van der Waals surface area contributed by atoms with E-state index in [4.69, 9.17) is 5.41 Å². The predicted molar refractivity (Wildman–Crippen MR) is 114 cm³/mol. The Morgan fingerprint density at radius 1 is 1.17 bits per heavy atom. The fraction of sp³-hybridized carbons (Fsp3) is 0.458. The Bertz CT molecular complexity index is 898. The van der Waals surface area contributed by atoms with Crippen LogP contribution < -0.4 is 5.32 Å². The second-order valence-corrected chi connectivity index (χ2v) is 8.53. The summed E-state index contributed by atoms with van der Waals surface area (Å²) in [5.41, 5.74) is 4.20. The normalized spacial score (nSPS) is 28.8. The third-order valence-electron chi connectivity index (χ3n) is 7.08. The smallest absolute Gasteiger partial charge is 0.123 e. The van der Waals surface area contributed by atoms with Crippen LogP contribution in [0.25, 0.3) is 0 Å². The van der Waals surface area contributed by atoms with E-state index in [9.17, 15) is 14.6 Å². The molecule has 1 saturated carbocycles. The molecular formula is C24H29FN2O2. The van der Waals surface area contributed by atoms with Gasteiger partial charge in [-0.3, -0.25) is 0 Å². The van der Waals surface area contributed by atoms with Crippen LogP contribution in [0, 0.1) is 17.1 Å². The molecule has 0 heterocycles. The van der Waals surface area contributed by atoms with Gasteiger partial charge in [-0.2, -0.15) is 0 Å². The van der Waals surface area contributed by atoms with Crippen LogP contribution in [0.1, 0.15) is 68.2 Å². The number of halogens is 1. The van der Waals surface area contributed by atoms with E-state index in [1.807, 2.05) is 6.07 Å². The van der Waals surface area contributed by atoms with Gasteiger partial charge in [-0.15, -0.1) is 0 Å². The average Bonchev–Trinajstić information content (AvgIpc) is 2.84. The van der Waals surface area contributed by atoms with Crippen LogP contribution in [0.15, 0.2) is 36.4 Å². The molecule has 4 nitrogen and oxygen atoms in total. The number of benzene rings is 2. The van der Waals surface area contributed by atoms with Gasteiger partial charge in [-0.05, 0) is 97.4 Å². The minimum absolute atomic E-state index is 0.0712. The molecule has 4 atom stereocenters. The first-order valence-electron chi connectivity index (χ1n) is 10.5. The summed E-state index contributed by atoms with van der Waals surface area (Å²) >= 11 is 0.